The summed E-state index contributed by atoms with van der Waals surface area (Å²) in [6, 6.07) is 0. The van der Waals surface area contributed by atoms with Crippen LogP contribution in [-0.4, -0.2) is 18.4 Å². The molecule has 0 unspecified atom stereocenters. The van der Waals surface area contributed by atoms with Crippen molar-refractivity contribution in [1.29, 1.82) is 0 Å². The van der Waals surface area contributed by atoms with Crippen LogP contribution in [0.25, 0.3) is 0 Å². The lowest BCUT2D eigenvalue weighted by Gasteiger charge is -1.90. The van der Waals surface area contributed by atoms with Gasteiger partial charge in [-0.15, -0.1) is 0 Å². The molecule has 0 aromatic heterocycles. The maximum Gasteiger partial charge on any atom is 0.156 e. The Hall–Kier alpha value is -0.170. The van der Waals surface area contributed by atoms with Gasteiger partial charge >= 0.3 is 0 Å². The van der Waals surface area contributed by atoms with Gasteiger partial charge in [-0.3, -0.25) is 0 Å². The van der Waals surface area contributed by atoms with Crippen LogP contribution in [0.2, 0.25) is 0 Å². The molecule has 0 aliphatic carbocycles. The second kappa shape index (κ2) is 2.08. The number of nitrogens with two attached hydrogens (primary N) is 1. The molecule has 0 fully saturated rings. The van der Waals surface area contributed by atoms with Gasteiger partial charge in [0.25, 0.3) is 0 Å². The number of rotatable bonds is 0. The summed E-state index contributed by atoms with van der Waals surface area (Å²) in [7, 11) is -4.42. The molecular formula is H4NO4S-. The molecule has 0 radical (unpaired) electrons. The van der Waals surface area contributed by atoms with Crippen molar-refractivity contribution < 1.29 is 18.4 Å². The number of hydrogen-bond donors (Lipinski definition) is 1. The molecule has 0 rings (SSSR count). The standard InChI is InChI=1S/H3NO3S.H2O/c1-5(2,3)4;/h(H3,1,2,3,4);1H2/p-1. The number of hydrogen-bond acceptors (Lipinski definition) is 3. The molecule has 40 valence electrons. The molecule has 6 heteroatoms. The lowest BCUT2D eigenvalue weighted by Crippen LogP contribution is -2.08. The lowest BCUT2D eigenvalue weighted by molar-refractivity contribution is 0.464. The highest BCUT2D eigenvalue weighted by Gasteiger charge is 1.64. The molecular weight excluding hydrogens is 110 g/mol. The average molecular weight is 114 g/mol. The average Bonchev–Trinajstić information content (AvgIpc) is 0.722. The van der Waals surface area contributed by atoms with Gasteiger partial charge < -0.3 is 10.0 Å². The zero-order chi connectivity index (χ0) is 4.50. The van der Waals surface area contributed by atoms with E-state index >= 15 is 0 Å². The fraction of sp³-hybridized carbons (Fsp3) is 0. The molecule has 0 atom stereocenters. The molecule has 0 heterocycles. The minimum atomic E-state index is -4.42. The Labute approximate surface area is 35.0 Å². The summed E-state index contributed by atoms with van der Waals surface area (Å²) in [6.07, 6.45) is 0. The van der Waals surface area contributed by atoms with Crippen molar-refractivity contribution in [2.45, 2.75) is 0 Å². The Morgan fingerprint density at radius 3 is 1.50 bits per heavy atom. The molecule has 0 saturated heterocycles. The van der Waals surface area contributed by atoms with Crippen molar-refractivity contribution in [3.63, 3.8) is 0 Å². The van der Waals surface area contributed by atoms with E-state index in [4.69, 9.17) is 13.0 Å². The zero-order valence-corrected chi connectivity index (χ0v) is 3.53. The maximum atomic E-state index is 8.85. The first kappa shape index (κ1) is 9.27. The van der Waals surface area contributed by atoms with Gasteiger partial charge in [-0.1, -0.05) is 0 Å². The third-order valence-corrected chi connectivity index (χ3v) is 0. The maximum absolute atomic E-state index is 8.85. The quantitative estimate of drug-likeness (QED) is 0.353. The SMILES string of the molecule is NS(=O)(=O)[O-].O. The van der Waals surface area contributed by atoms with Crippen LogP contribution < -0.4 is 5.14 Å². The van der Waals surface area contributed by atoms with Crippen molar-refractivity contribution in [1.82, 2.24) is 0 Å². The van der Waals surface area contributed by atoms with E-state index in [0.717, 1.165) is 0 Å². The minimum absolute atomic E-state index is 0. The van der Waals surface area contributed by atoms with Gasteiger partial charge in [-0.2, -0.15) is 0 Å². The molecule has 4 N–H and O–H groups in total. The summed E-state index contributed by atoms with van der Waals surface area (Å²) >= 11 is 0. The first-order valence-corrected chi connectivity index (χ1v) is 2.21. The minimum Gasteiger partial charge on any atom is -0.736 e. The van der Waals surface area contributed by atoms with Crippen molar-refractivity contribution in [3.8, 4) is 0 Å². The van der Waals surface area contributed by atoms with Gasteiger partial charge in [0, 0.05) is 0 Å². The highest BCUT2D eigenvalue weighted by molar-refractivity contribution is 7.83. The van der Waals surface area contributed by atoms with Gasteiger partial charge in [0.15, 0.2) is 10.3 Å². The first-order chi connectivity index (χ1) is 2.00. The molecule has 0 aromatic carbocycles. The van der Waals surface area contributed by atoms with E-state index in [0.29, 0.717) is 0 Å². The van der Waals surface area contributed by atoms with E-state index in [9.17, 15) is 0 Å². The van der Waals surface area contributed by atoms with Crippen molar-refractivity contribution in [2.75, 3.05) is 0 Å². The van der Waals surface area contributed by atoms with Crippen LogP contribution >= 0.6 is 0 Å². The Balaban J connectivity index is 0. The molecule has 0 aliphatic heterocycles. The smallest absolute Gasteiger partial charge is 0.156 e. The van der Waals surface area contributed by atoms with Gasteiger partial charge in [0.1, 0.15) is 0 Å². The van der Waals surface area contributed by atoms with E-state index in [1.54, 1.807) is 0 Å². The van der Waals surface area contributed by atoms with E-state index in [2.05, 4.69) is 5.14 Å². The summed E-state index contributed by atoms with van der Waals surface area (Å²) in [5.41, 5.74) is 0. The zero-order valence-electron chi connectivity index (χ0n) is 2.71. The summed E-state index contributed by atoms with van der Waals surface area (Å²) in [6.45, 7) is 0. The van der Waals surface area contributed by atoms with Crippen LogP contribution in [0, 0.1) is 0 Å². The molecule has 0 amide bonds. The van der Waals surface area contributed by atoms with Crippen molar-refractivity contribution in [2.24, 2.45) is 5.14 Å². The second-order valence-electron chi connectivity index (χ2n) is 0.493. The Morgan fingerprint density at radius 1 is 1.50 bits per heavy atom. The molecule has 6 heavy (non-hydrogen) atoms. The highest BCUT2D eigenvalue weighted by Crippen LogP contribution is 1.49. The fourth-order valence-electron chi connectivity index (χ4n) is 0. The molecule has 0 aromatic rings. The first-order valence-electron chi connectivity index (χ1n) is 0.736. The van der Waals surface area contributed by atoms with Crippen LogP contribution in [-0.2, 0) is 10.3 Å². The van der Waals surface area contributed by atoms with Crippen molar-refractivity contribution in [3.05, 3.63) is 0 Å². The van der Waals surface area contributed by atoms with E-state index in [1.807, 2.05) is 0 Å². The van der Waals surface area contributed by atoms with Gasteiger partial charge in [-0.25, -0.2) is 13.6 Å². The molecule has 5 nitrogen and oxygen atoms in total. The third kappa shape index (κ3) is 1060. The summed E-state index contributed by atoms with van der Waals surface area (Å²) < 4.78 is 26.6. The van der Waals surface area contributed by atoms with E-state index in [-0.39, 0.29) is 5.48 Å². The molecule has 0 bridgehead atoms. The Kier molecular flexibility index (Phi) is 3.22. The summed E-state index contributed by atoms with van der Waals surface area (Å²) in [5.74, 6) is 0. The fourth-order valence-corrected chi connectivity index (χ4v) is 0. The topological polar surface area (TPSA) is 115 Å². The molecule has 0 spiro atoms. The normalized spacial score (nSPS) is 9.67. The molecule has 0 aliphatic rings. The molecule has 0 saturated carbocycles. The third-order valence-electron chi connectivity index (χ3n) is 0. The lowest BCUT2D eigenvalue weighted by atomic mass is 13.9. The van der Waals surface area contributed by atoms with Crippen LogP contribution in [0.4, 0.5) is 0 Å². The van der Waals surface area contributed by atoms with E-state index < -0.39 is 10.3 Å². The highest BCUT2D eigenvalue weighted by atomic mass is 32.2. The van der Waals surface area contributed by atoms with Gasteiger partial charge in [0.2, 0.25) is 0 Å². The second-order valence-corrected chi connectivity index (χ2v) is 1.48. The van der Waals surface area contributed by atoms with Gasteiger partial charge in [0.05, 0.1) is 0 Å². The predicted octanol–water partition coefficient (Wildman–Crippen LogP) is -2.42. The van der Waals surface area contributed by atoms with E-state index in [1.165, 1.54) is 0 Å². The largest absolute Gasteiger partial charge is 0.736 e. The summed E-state index contributed by atoms with van der Waals surface area (Å²) in [4.78, 5) is 0. The van der Waals surface area contributed by atoms with Crippen LogP contribution in [0.3, 0.4) is 0 Å². The van der Waals surface area contributed by atoms with Crippen molar-refractivity contribution >= 4 is 10.3 Å². The predicted molar refractivity (Wildman–Crippen MR) is 17.5 cm³/mol. The van der Waals surface area contributed by atoms with Crippen LogP contribution in [0.5, 0.6) is 0 Å². The van der Waals surface area contributed by atoms with Gasteiger partial charge in [-0.05, 0) is 0 Å². The summed E-state index contributed by atoms with van der Waals surface area (Å²) in [5, 5.41) is 3.77. The monoisotopic (exact) mass is 114 g/mol. The Morgan fingerprint density at radius 2 is 1.50 bits per heavy atom. The van der Waals surface area contributed by atoms with Crippen LogP contribution in [0.15, 0.2) is 0 Å². The van der Waals surface area contributed by atoms with Crippen LogP contribution in [0.1, 0.15) is 0 Å². The Bertz CT molecular complexity index is 90.7.